The molecule has 0 unspecified atom stereocenters. The Morgan fingerprint density at radius 2 is 1.79 bits per heavy atom. The van der Waals surface area contributed by atoms with Gasteiger partial charge in [-0.25, -0.2) is 8.42 Å². The van der Waals surface area contributed by atoms with E-state index in [-0.39, 0.29) is 4.90 Å². The van der Waals surface area contributed by atoms with E-state index in [9.17, 15) is 18.0 Å². The zero-order chi connectivity index (χ0) is 20.1. The number of aryl methyl sites for hydroxylation is 2. The first-order chi connectivity index (χ1) is 13.3. The van der Waals surface area contributed by atoms with Gasteiger partial charge in [0.15, 0.2) is 6.10 Å². The van der Waals surface area contributed by atoms with Gasteiger partial charge in [0.1, 0.15) is 6.54 Å². The van der Waals surface area contributed by atoms with Gasteiger partial charge < -0.3 is 10.1 Å². The van der Waals surface area contributed by atoms with Gasteiger partial charge in [0.05, 0.1) is 4.90 Å². The summed E-state index contributed by atoms with van der Waals surface area (Å²) >= 11 is 0. The third-order valence-electron chi connectivity index (χ3n) is 4.50. The molecule has 8 heteroatoms. The van der Waals surface area contributed by atoms with Gasteiger partial charge in [-0.3, -0.25) is 9.59 Å². The van der Waals surface area contributed by atoms with Crippen LogP contribution in [0.25, 0.3) is 0 Å². The molecular formula is C20H22N2O5S. The Bertz CT molecular complexity index is 973. The normalized spacial score (nSPS) is 14.2. The Morgan fingerprint density at radius 1 is 1.07 bits per heavy atom. The topological polar surface area (TPSA) is 102 Å². The van der Waals surface area contributed by atoms with Crippen LogP contribution >= 0.6 is 0 Å². The smallest absolute Gasteiger partial charge is 0.321 e. The minimum absolute atomic E-state index is 0.0465. The first-order valence-electron chi connectivity index (χ1n) is 9.02. The van der Waals surface area contributed by atoms with Crippen LogP contribution < -0.4 is 10.0 Å². The van der Waals surface area contributed by atoms with E-state index >= 15 is 0 Å². The largest absolute Gasteiger partial charge is 0.452 e. The Balaban J connectivity index is 1.50. The summed E-state index contributed by atoms with van der Waals surface area (Å²) in [5, 5.41) is 2.72. The summed E-state index contributed by atoms with van der Waals surface area (Å²) in [5.41, 5.74) is 3.17. The molecule has 0 radical (unpaired) electrons. The quantitative estimate of drug-likeness (QED) is 0.690. The molecule has 0 aromatic heterocycles. The van der Waals surface area contributed by atoms with Crippen LogP contribution in [0.1, 0.15) is 24.5 Å². The van der Waals surface area contributed by atoms with Gasteiger partial charge in [0, 0.05) is 5.69 Å². The highest BCUT2D eigenvalue weighted by molar-refractivity contribution is 7.89. The molecule has 3 rings (SSSR count). The van der Waals surface area contributed by atoms with Crippen LogP contribution in [0.3, 0.4) is 0 Å². The number of carbonyl (C=O) groups is 2. The molecule has 2 N–H and O–H groups in total. The number of carbonyl (C=O) groups excluding carboxylic acids is 2. The van der Waals surface area contributed by atoms with E-state index in [1.165, 1.54) is 30.2 Å². The van der Waals surface area contributed by atoms with Crippen molar-refractivity contribution in [3.05, 3.63) is 59.7 Å². The molecule has 1 aliphatic rings. The van der Waals surface area contributed by atoms with Crippen molar-refractivity contribution >= 4 is 27.6 Å². The number of anilines is 1. The predicted octanol–water partition coefficient (Wildman–Crippen LogP) is 2.02. The first-order valence-corrected chi connectivity index (χ1v) is 10.5. The van der Waals surface area contributed by atoms with E-state index in [1.807, 2.05) is 18.2 Å². The highest BCUT2D eigenvalue weighted by atomic mass is 32.2. The fourth-order valence-electron chi connectivity index (χ4n) is 3.02. The van der Waals surface area contributed by atoms with E-state index in [0.29, 0.717) is 5.69 Å². The molecule has 1 atom stereocenters. The maximum absolute atomic E-state index is 12.2. The molecule has 2 aromatic rings. The van der Waals surface area contributed by atoms with Crippen LogP contribution in [0, 0.1) is 0 Å². The molecule has 0 aliphatic heterocycles. The molecule has 2 aromatic carbocycles. The van der Waals surface area contributed by atoms with Gasteiger partial charge in [0.25, 0.3) is 5.91 Å². The second-order valence-corrected chi connectivity index (χ2v) is 8.36. The Kier molecular flexibility index (Phi) is 6.11. The number of nitrogens with one attached hydrogen (secondary N) is 2. The van der Waals surface area contributed by atoms with E-state index in [2.05, 4.69) is 10.0 Å². The second-order valence-electron chi connectivity index (χ2n) is 6.60. The van der Waals surface area contributed by atoms with E-state index in [1.54, 1.807) is 18.2 Å². The summed E-state index contributed by atoms with van der Waals surface area (Å²) < 4.78 is 31.4. The van der Waals surface area contributed by atoms with Crippen molar-refractivity contribution in [2.75, 3.05) is 11.9 Å². The molecule has 0 fully saturated rings. The molecule has 1 amide bonds. The zero-order valence-electron chi connectivity index (χ0n) is 15.5. The van der Waals surface area contributed by atoms with E-state index < -0.39 is 34.5 Å². The van der Waals surface area contributed by atoms with Crippen LogP contribution in [-0.4, -0.2) is 32.9 Å². The fourth-order valence-corrected chi connectivity index (χ4v) is 4.01. The van der Waals surface area contributed by atoms with Gasteiger partial charge >= 0.3 is 5.97 Å². The predicted molar refractivity (Wildman–Crippen MR) is 104 cm³/mol. The van der Waals surface area contributed by atoms with Gasteiger partial charge in [0.2, 0.25) is 10.0 Å². The van der Waals surface area contributed by atoms with Crippen LogP contribution in [0.5, 0.6) is 0 Å². The van der Waals surface area contributed by atoms with Crippen LogP contribution in [0.15, 0.2) is 53.4 Å². The monoisotopic (exact) mass is 402 g/mol. The molecule has 0 saturated heterocycles. The highest BCUT2D eigenvalue weighted by Crippen LogP contribution is 2.25. The first kappa shape index (κ1) is 20.0. The fraction of sp³-hybridized carbons (Fsp3) is 0.300. The molecule has 28 heavy (non-hydrogen) atoms. The molecular weight excluding hydrogens is 380 g/mol. The second kappa shape index (κ2) is 8.53. The minimum Gasteiger partial charge on any atom is -0.452 e. The highest BCUT2D eigenvalue weighted by Gasteiger charge is 2.21. The van der Waals surface area contributed by atoms with Crippen LogP contribution in [0.2, 0.25) is 0 Å². The van der Waals surface area contributed by atoms with Gasteiger partial charge in [-0.1, -0.05) is 24.3 Å². The maximum Gasteiger partial charge on any atom is 0.321 e. The SMILES string of the molecule is C[C@@H](OC(=O)CNS(=O)(=O)c1ccccc1)C(=O)Nc1ccc2c(c1)CCC2. The zero-order valence-corrected chi connectivity index (χ0v) is 16.3. The van der Waals surface area contributed by atoms with Crippen LogP contribution in [0.4, 0.5) is 5.69 Å². The average Bonchev–Trinajstić information content (AvgIpc) is 3.15. The van der Waals surface area contributed by atoms with Crippen molar-refractivity contribution in [1.82, 2.24) is 4.72 Å². The Morgan fingerprint density at radius 3 is 2.54 bits per heavy atom. The summed E-state index contributed by atoms with van der Waals surface area (Å²) in [5.74, 6) is -1.31. The number of hydrogen-bond donors (Lipinski definition) is 2. The maximum atomic E-state index is 12.2. The summed E-state index contributed by atoms with van der Waals surface area (Å²) in [4.78, 5) is 24.2. The molecule has 148 valence electrons. The number of esters is 1. The molecule has 0 spiro atoms. The summed E-state index contributed by atoms with van der Waals surface area (Å²) in [6.07, 6.45) is 2.10. The van der Waals surface area contributed by atoms with Crippen molar-refractivity contribution in [2.45, 2.75) is 37.2 Å². The van der Waals surface area contributed by atoms with Crippen LogP contribution in [-0.2, 0) is 37.2 Å². The molecule has 0 heterocycles. The molecule has 0 saturated carbocycles. The average molecular weight is 402 g/mol. The molecule has 0 bridgehead atoms. The Labute approximate surface area is 164 Å². The number of fused-ring (bicyclic) bond motifs is 1. The third kappa shape index (κ3) is 4.96. The van der Waals surface area contributed by atoms with E-state index in [0.717, 1.165) is 19.3 Å². The summed E-state index contributed by atoms with van der Waals surface area (Å²) in [7, 11) is -3.82. The standard InChI is InChI=1S/C20H22N2O5S/c1-14(20(24)22-17-11-10-15-6-5-7-16(15)12-17)27-19(23)13-21-28(25,26)18-8-3-2-4-9-18/h2-4,8-12,14,21H,5-7,13H2,1H3,(H,22,24)/t14-/m1/s1. The number of rotatable bonds is 7. The summed E-state index contributed by atoms with van der Waals surface area (Å²) in [6.45, 7) is 0.875. The van der Waals surface area contributed by atoms with Crippen molar-refractivity contribution in [1.29, 1.82) is 0 Å². The Hall–Kier alpha value is -2.71. The number of sulfonamides is 1. The lowest BCUT2D eigenvalue weighted by molar-refractivity contribution is -0.151. The molecule has 7 nitrogen and oxygen atoms in total. The number of benzene rings is 2. The van der Waals surface area contributed by atoms with Gasteiger partial charge in [-0.15, -0.1) is 0 Å². The molecule has 1 aliphatic carbocycles. The van der Waals surface area contributed by atoms with Gasteiger partial charge in [-0.05, 0) is 61.6 Å². The van der Waals surface area contributed by atoms with Crippen molar-refractivity contribution in [3.63, 3.8) is 0 Å². The number of ether oxygens (including phenoxy) is 1. The lowest BCUT2D eigenvalue weighted by Gasteiger charge is -2.14. The minimum atomic E-state index is -3.82. The van der Waals surface area contributed by atoms with Gasteiger partial charge in [-0.2, -0.15) is 4.72 Å². The third-order valence-corrected chi connectivity index (χ3v) is 5.92. The van der Waals surface area contributed by atoms with Crippen molar-refractivity contribution in [3.8, 4) is 0 Å². The number of amides is 1. The van der Waals surface area contributed by atoms with Crippen molar-refractivity contribution < 1.29 is 22.7 Å². The summed E-state index contributed by atoms with van der Waals surface area (Å²) in [6, 6.07) is 13.4. The van der Waals surface area contributed by atoms with Crippen molar-refractivity contribution in [2.24, 2.45) is 0 Å². The number of hydrogen-bond acceptors (Lipinski definition) is 5. The van der Waals surface area contributed by atoms with E-state index in [4.69, 9.17) is 4.74 Å². The lowest BCUT2D eigenvalue weighted by Crippen LogP contribution is -2.35. The lowest BCUT2D eigenvalue weighted by atomic mass is 10.1.